The first-order chi connectivity index (χ1) is 17.6. The molecule has 1 heterocycles. The van der Waals surface area contributed by atoms with Gasteiger partial charge in [0.2, 0.25) is 6.10 Å². The molecule has 4 rings (SSSR count). The second-order valence-corrected chi connectivity index (χ2v) is 9.88. The molecule has 0 fully saturated rings. The second-order valence-electron chi connectivity index (χ2n) is 9.88. The first kappa shape index (κ1) is 26.0. The van der Waals surface area contributed by atoms with Gasteiger partial charge in [-0.05, 0) is 31.7 Å². The minimum Gasteiger partial charge on any atom is -0.496 e. The topological polar surface area (TPSA) is 91.4 Å². The van der Waals surface area contributed by atoms with Gasteiger partial charge in [-0.15, -0.1) is 0 Å². The third-order valence-electron chi connectivity index (χ3n) is 5.99. The van der Waals surface area contributed by atoms with Gasteiger partial charge in [0.05, 0.1) is 12.8 Å². The summed E-state index contributed by atoms with van der Waals surface area (Å²) in [6.07, 6.45) is -1.68. The Morgan fingerprint density at radius 3 is 2.27 bits per heavy atom. The van der Waals surface area contributed by atoms with Gasteiger partial charge in [-0.1, -0.05) is 54.6 Å². The molecule has 0 radical (unpaired) electrons. The number of rotatable bonds is 6. The van der Waals surface area contributed by atoms with Gasteiger partial charge in [0.25, 0.3) is 0 Å². The van der Waals surface area contributed by atoms with Gasteiger partial charge >= 0.3 is 18.0 Å². The van der Waals surface area contributed by atoms with Gasteiger partial charge in [-0.2, -0.15) is 0 Å². The number of esters is 2. The van der Waals surface area contributed by atoms with Crippen LogP contribution in [0, 0.1) is 0 Å². The molecule has 0 saturated heterocycles. The predicted octanol–water partition coefficient (Wildman–Crippen LogP) is 5.53. The third-order valence-corrected chi connectivity index (χ3v) is 5.99. The lowest BCUT2D eigenvalue weighted by molar-refractivity contribution is -0.167. The Morgan fingerprint density at radius 1 is 1.00 bits per heavy atom. The molecule has 1 aliphatic rings. The minimum absolute atomic E-state index is 0.0218. The zero-order valence-electron chi connectivity index (χ0n) is 21.6. The Morgan fingerprint density at radius 2 is 1.65 bits per heavy atom. The van der Waals surface area contributed by atoms with Gasteiger partial charge in [0.1, 0.15) is 18.0 Å². The predicted molar refractivity (Wildman–Crippen MR) is 139 cm³/mol. The number of anilines is 1. The number of ether oxygens (including phenoxy) is 4. The van der Waals surface area contributed by atoms with Gasteiger partial charge < -0.3 is 18.9 Å². The molecule has 3 aromatic rings. The van der Waals surface area contributed by atoms with Crippen LogP contribution in [0.3, 0.4) is 0 Å². The van der Waals surface area contributed by atoms with Crippen molar-refractivity contribution in [2.45, 2.75) is 45.3 Å². The highest BCUT2D eigenvalue weighted by Gasteiger charge is 2.38. The largest absolute Gasteiger partial charge is 0.496 e. The highest BCUT2D eigenvalue weighted by Crippen LogP contribution is 2.45. The Balaban J connectivity index is 1.67. The van der Waals surface area contributed by atoms with Gasteiger partial charge in [0, 0.05) is 36.4 Å². The van der Waals surface area contributed by atoms with E-state index in [9.17, 15) is 14.4 Å². The zero-order valence-corrected chi connectivity index (χ0v) is 21.6. The van der Waals surface area contributed by atoms with Crippen LogP contribution in [0.2, 0.25) is 0 Å². The number of methoxy groups -OCH3 is 1. The van der Waals surface area contributed by atoms with Crippen LogP contribution < -0.4 is 9.64 Å². The number of carbonyl (C=O) groups excluding carboxylic acids is 3. The monoisotopic (exact) mass is 505 g/mol. The molecular formula is C29H31NO7. The van der Waals surface area contributed by atoms with Crippen LogP contribution in [0.25, 0.3) is 10.8 Å². The van der Waals surface area contributed by atoms with Crippen molar-refractivity contribution < 1.29 is 33.3 Å². The molecule has 0 spiro atoms. The Hall–Kier alpha value is -4.07. The van der Waals surface area contributed by atoms with Crippen molar-refractivity contribution in [3.8, 4) is 5.75 Å². The molecule has 1 aliphatic heterocycles. The number of fused-ring (bicyclic) bond motifs is 3. The highest BCUT2D eigenvalue weighted by atomic mass is 16.6. The lowest BCUT2D eigenvalue weighted by Gasteiger charge is -2.25. The van der Waals surface area contributed by atoms with Crippen LogP contribution in [0.1, 0.15) is 50.8 Å². The van der Waals surface area contributed by atoms with E-state index in [-0.39, 0.29) is 19.1 Å². The summed E-state index contributed by atoms with van der Waals surface area (Å²) in [6.45, 7) is 6.89. The van der Waals surface area contributed by atoms with Crippen LogP contribution in [0.4, 0.5) is 10.5 Å². The maximum absolute atomic E-state index is 13.2. The van der Waals surface area contributed by atoms with Crippen LogP contribution in [-0.2, 0) is 23.8 Å². The molecule has 1 amide bonds. The molecule has 2 atom stereocenters. The fraction of sp³-hybridized carbons (Fsp3) is 0.345. The first-order valence-corrected chi connectivity index (χ1v) is 12.1. The van der Waals surface area contributed by atoms with Crippen molar-refractivity contribution in [3.05, 3.63) is 71.8 Å². The van der Waals surface area contributed by atoms with E-state index in [1.165, 1.54) is 6.92 Å². The van der Waals surface area contributed by atoms with E-state index >= 15 is 0 Å². The summed E-state index contributed by atoms with van der Waals surface area (Å²) in [6, 6.07) is 18.2. The molecular weight excluding hydrogens is 474 g/mol. The van der Waals surface area contributed by atoms with E-state index in [1.807, 2.05) is 30.3 Å². The molecule has 0 unspecified atom stereocenters. The molecule has 3 aromatic carbocycles. The number of hydrogen-bond donors (Lipinski definition) is 0. The van der Waals surface area contributed by atoms with Crippen LogP contribution >= 0.6 is 0 Å². The highest BCUT2D eigenvalue weighted by molar-refractivity contribution is 6.02. The molecule has 8 nitrogen and oxygen atoms in total. The van der Waals surface area contributed by atoms with Crippen LogP contribution in [0.15, 0.2) is 60.7 Å². The van der Waals surface area contributed by atoms with E-state index in [2.05, 4.69) is 0 Å². The summed E-state index contributed by atoms with van der Waals surface area (Å²) in [5.41, 5.74) is 1.33. The number of hydrogen-bond acceptors (Lipinski definition) is 7. The number of benzene rings is 3. The van der Waals surface area contributed by atoms with Crippen molar-refractivity contribution in [2.75, 3.05) is 25.2 Å². The summed E-state index contributed by atoms with van der Waals surface area (Å²) in [4.78, 5) is 39.5. The average molecular weight is 506 g/mol. The Labute approximate surface area is 216 Å². The molecule has 0 aliphatic carbocycles. The van der Waals surface area contributed by atoms with Crippen LogP contribution in [0.5, 0.6) is 5.75 Å². The van der Waals surface area contributed by atoms with Crippen LogP contribution in [-0.4, -0.2) is 43.9 Å². The average Bonchev–Trinajstić information content (AvgIpc) is 3.23. The summed E-state index contributed by atoms with van der Waals surface area (Å²) < 4.78 is 22.3. The summed E-state index contributed by atoms with van der Waals surface area (Å²) in [5, 5.41) is 1.77. The number of carbonyl (C=O) groups is 3. The van der Waals surface area contributed by atoms with E-state index in [0.717, 1.165) is 16.3 Å². The molecule has 37 heavy (non-hydrogen) atoms. The Bertz CT molecular complexity index is 1310. The smallest absolute Gasteiger partial charge is 0.414 e. The SMILES string of the molecule is COc1cc2c(c3ccccc13)[C@@H](COC(=O)[C@H](OC(C)=O)c1ccccc1)CN2C(=O)OC(C)(C)C. The zero-order chi connectivity index (χ0) is 26.7. The van der Waals surface area contributed by atoms with Gasteiger partial charge in [0.15, 0.2) is 0 Å². The van der Waals surface area contributed by atoms with Crippen molar-refractivity contribution in [2.24, 2.45) is 0 Å². The quantitative estimate of drug-likeness (QED) is 0.321. The van der Waals surface area contributed by atoms with Gasteiger partial charge in [-0.3, -0.25) is 9.69 Å². The molecule has 194 valence electrons. The fourth-order valence-electron chi connectivity index (χ4n) is 4.51. The third kappa shape index (κ3) is 5.69. The second kappa shape index (κ2) is 10.5. The van der Waals surface area contributed by atoms with Gasteiger partial charge in [-0.25, -0.2) is 9.59 Å². The minimum atomic E-state index is -1.19. The fourth-order valence-corrected chi connectivity index (χ4v) is 4.51. The number of amides is 1. The standard InChI is InChI=1S/C29H31NO7/c1-18(31)36-26(19-11-7-6-8-12-19)27(32)35-17-20-16-30(28(33)37-29(2,3)4)23-15-24(34-5)21-13-9-10-14-22(21)25(20)23/h6-15,20,26H,16-17H2,1-5H3/t20-,26-/m1/s1. The maximum Gasteiger partial charge on any atom is 0.414 e. The molecule has 0 aromatic heterocycles. The molecule has 8 heteroatoms. The maximum atomic E-state index is 13.2. The first-order valence-electron chi connectivity index (χ1n) is 12.1. The van der Waals surface area contributed by atoms with E-state index in [0.29, 0.717) is 17.0 Å². The van der Waals surface area contributed by atoms with Crippen molar-refractivity contribution in [1.82, 2.24) is 0 Å². The van der Waals surface area contributed by atoms with Crippen molar-refractivity contribution in [1.29, 1.82) is 0 Å². The number of nitrogens with zero attached hydrogens (tertiary/aromatic N) is 1. The van der Waals surface area contributed by atoms with E-state index in [4.69, 9.17) is 18.9 Å². The van der Waals surface area contributed by atoms with Crippen molar-refractivity contribution >= 4 is 34.5 Å². The van der Waals surface area contributed by atoms with Crippen molar-refractivity contribution in [3.63, 3.8) is 0 Å². The molecule has 0 N–H and O–H groups in total. The molecule has 0 saturated carbocycles. The summed E-state index contributed by atoms with van der Waals surface area (Å²) >= 11 is 0. The Kier molecular flexibility index (Phi) is 7.38. The lowest BCUT2D eigenvalue weighted by atomic mass is 9.94. The summed E-state index contributed by atoms with van der Waals surface area (Å²) in [7, 11) is 1.58. The molecule has 0 bridgehead atoms. The normalized spacial score (nSPS) is 15.6. The lowest BCUT2D eigenvalue weighted by Crippen LogP contribution is -2.36. The van der Waals surface area contributed by atoms with E-state index < -0.39 is 29.7 Å². The summed E-state index contributed by atoms with van der Waals surface area (Å²) in [5.74, 6) is -0.988. The van der Waals surface area contributed by atoms with E-state index in [1.54, 1.807) is 63.1 Å².